The van der Waals surface area contributed by atoms with Gasteiger partial charge in [-0.3, -0.25) is 0 Å². The molecule has 0 spiro atoms. The van der Waals surface area contributed by atoms with Crippen LogP contribution in [0.1, 0.15) is 6.92 Å². The van der Waals surface area contributed by atoms with E-state index < -0.39 is 54.8 Å². The third kappa shape index (κ3) is 2.88. The quantitative estimate of drug-likeness (QED) is 0.456. The zero-order valence-electron chi connectivity index (χ0n) is 11.0. The van der Waals surface area contributed by atoms with Gasteiger partial charge in [0, 0.05) is 6.92 Å². The number of hydrogen-bond acceptors (Lipinski definition) is 0. The van der Waals surface area contributed by atoms with Crippen LogP contribution in [0.5, 0.6) is 0 Å². The maximum absolute atomic E-state index is 12.9. The Hall–Kier alpha value is -1.12. The lowest BCUT2D eigenvalue weighted by Gasteiger charge is -2.41. The Morgan fingerprint density at radius 1 is 0.440 bits per heavy atom. The van der Waals surface area contributed by atoms with Crippen LogP contribution in [-0.4, -0.2) is 41.5 Å². The average Bonchev–Trinajstić information content (AvgIpc) is 2.35. The highest BCUT2D eigenvalue weighted by molar-refractivity contribution is 5.15. The number of hydrogen-bond donors (Lipinski definition) is 0. The van der Waals surface area contributed by atoms with Crippen LogP contribution in [0.25, 0.3) is 0 Å². The lowest BCUT2D eigenvalue weighted by molar-refractivity contribution is -0.441. The summed E-state index contributed by atoms with van der Waals surface area (Å²) in [4.78, 5) is 0. The summed E-state index contributed by atoms with van der Waals surface area (Å²) >= 11 is 0. The minimum Gasteiger partial charge on any atom is -0.200 e. The summed E-state index contributed by atoms with van der Waals surface area (Å²) in [5.74, 6) is -53.9. The van der Waals surface area contributed by atoms with Crippen molar-refractivity contribution in [2.45, 2.75) is 48.4 Å². The largest absolute Gasteiger partial charge is 0.385 e. The second kappa shape index (κ2) is 5.69. The van der Waals surface area contributed by atoms with Crippen LogP contribution in [0.2, 0.25) is 0 Å². The van der Waals surface area contributed by atoms with Gasteiger partial charge in [0.25, 0.3) is 0 Å². The van der Waals surface area contributed by atoms with E-state index in [0.717, 1.165) is 0 Å². The van der Waals surface area contributed by atoms with Crippen LogP contribution in [0, 0.1) is 6.43 Å². The minimum absolute atomic E-state index is 1.20. The van der Waals surface area contributed by atoms with Crippen molar-refractivity contribution in [3.8, 4) is 0 Å². The molecule has 0 nitrogen and oxygen atoms in total. The topological polar surface area (TPSA) is 0 Å². The van der Waals surface area contributed by atoms with Crippen molar-refractivity contribution in [2.24, 2.45) is 0 Å². The predicted octanol–water partition coefficient (Wildman–Crippen LogP) is 5.88. The molecule has 0 rings (SSSR count). The third-order valence-corrected chi connectivity index (χ3v) is 2.76. The molecule has 0 N–H and O–H groups in total. The molecule has 0 saturated heterocycles. The van der Waals surface area contributed by atoms with Crippen molar-refractivity contribution in [3.63, 3.8) is 0 Å². The van der Waals surface area contributed by atoms with Gasteiger partial charge in [-0.25, -0.2) is 0 Å². The first kappa shape index (κ1) is 23.9. The van der Waals surface area contributed by atoms with Gasteiger partial charge in [-0.2, -0.15) is 70.2 Å². The van der Waals surface area contributed by atoms with E-state index >= 15 is 0 Å². The van der Waals surface area contributed by atoms with E-state index in [4.69, 9.17) is 0 Å². The molecule has 0 unspecified atom stereocenters. The summed E-state index contributed by atoms with van der Waals surface area (Å²) in [7, 11) is 0. The fourth-order valence-corrected chi connectivity index (χ4v) is 1.18. The lowest BCUT2D eigenvalue weighted by Crippen LogP contribution is -2.73. The molecular weight excluding hydrogens is 412 g/mol. The van der Waals surface area contributed by atoms with E-state index in [-0.39, 0.29) is 0 Å². The smallest absolute Gasteiger partial charge is 0.200 e. The summed E-state index contributed by atoms with van der Waals surface area (Å²) in [5.41, 5.74) is 0. The van der Waals surface area contributed by atoms with Gasteiger partial charge in [0.1, 0.15) is 0 Å². The normalized spacial score (nSPS) is 16.6. The van der Waals surface area contributed by atoms with Crippen molar-refractivity contribution in [3.05, 3.63) is 6.43 Å². The molecule has 25 heavy (non-hydrogen) atoms. The summed E-state index contributed by atoms with van der Waals surface area (Å²) in [6, 6.07) is 0. The second-order valence-corrected chi connectivity index (χ2v) is 4.60. The Labute approximate surface area is 126 Å². The van der Waals surface area contributed by atoms with Gasteiger partial charge in [-0.05, 0) is 0 Å². The van der Waals surface area contributed by atoms with Crippen LogP contribution in [0.3, 0.4) is 0 Å². The predicted molar refractivity (Wildman–Crippen MR) is 45.8 cm³/mol. The number of alkyl halides is 14. The van der Waals surface area contributed by atoms with Gasteiger partial charge in [0.2, 0.25) is 0 Å². The highest BCUT2D eigenvalue weighted by atomic mass is 19.4. The molecule has 0 saturated carbocycles. The fourth-order valence-electron chi connectivity index (χ4n) is 1.18. The van der Waals surface area contributed by atoms with Crippen LogP contribution in [0.15, 0.2) is 0 Å². The molecule has 0 aromatic heterocycles. The summed E-state index contributed by atoms with van der Waals surface area (Å²) in [6.45, 7) is -1.20. The molecule has 0 heterocycles. The SMILES string of the molecule is CC(F)(F)C(F)(F)C(F)(F)C(F)(F)C(F)(F)C(F)(F)C(F)(F)[C](F)F. The number of halogens is 16. The highest BCUT2D eigenvalue weighted by Gasteiger charge is 2.93. The molecule has 16 heteroatoms. The van der Waals surface area contributed by atoms with Gasteiger partial charge in [0.15, 0.2) is 0 Å². The number of rotatable bonds is 7. The standard InChI is InChI=1S/C9H3F16/c1-3(12,13)5(16,17)7(20,21)9(24,25)8(22,23)6(18,19)4(14,15)2(10)11/h1H3. The van der Waals surface area contributed by atoms with E-state index in [2.05, 4.69) is 0 Å². The molecule has 0 aliphatic carbocycles. The molecule has 0 aliphatic heterocycles. The van der Waals surface area contributed by atoms with E-state index in [0.29, 0.717) is 0 Å². The molecule has 0 amide bonds. The fraction of sp³-hybridized carbons (Fsp3) is 0.889. The Bertz CT molecular complexity index is 482. The van der Waals surface area contributed by atoms with E-state index in [1.165, 1.54) is 0 Å². The van der Waals surface area contributed by atoms with Crippen LogP contribution in [-0.2, 0) is 0 Å². The highest BCUT2D eigenvalue weighted by Crippen LogP contribution is 2.63. The minimum atomic E-state index is -8.31. The Morgan fingerprint density at radius 3 is 0.920 bits per heavy atom. The maximum Gasteiger partial charge on any atom is 0.385 e. The Morgan fingerprint density at radius 2 is 0.680 bits per heavy atom. The van der Waals surface area contributed by atoms with Crippen LogP contribution < -0.4 is 0 Å². The second-order valence-electron chi connectivity index (χ2n) is 4.60. The molecule has 0 aromatic carbocycles. The van der Waals surface area contributed by atoms with Gasteiger partial charge in [-0.1, -0.05) is 0 Å². The Kier molecular flexibility index (Phi) is 5.43. The Balaban J connectivity index is 6.50. The van der Waals surface area contributed by atoms with Gasteiger partial charge >= 0.3 is 47.9 Å². The van der Waals surface area contributed by atoms with Crippen molar-refractivity contribution < 1.29 is 70.2 Å². The van der Waals surface area contributed by atoms with Crippen molar-refractivity contribution in [1.82, 2.24) is 0 Å². The van der Waals surface area contributed by atoms with Gasteiger partial charge in [-0.15, -0.1) is 0 Å². The molecule has 1 radical (unpaired) electrons. The van der Waals surface area contributed by atoms with Crippen LogP contribution in [0.4, 0.5) is 70.2 Å². The molecule has 0 fully saturated rings. The van der Waals surface area contributed by atoms with Crippen LogP contribution >= 0.6 is 0 Å². The van der Waals surface area contributed by atoms with Gasteiger partial charge < -0.3 is 0 Å². The van der Waals surface area contributed by atoms with Crippen molar-refractivity contribution >= 4 is 0 Å². The molecule has 0 bridgehead atoms. The zero-order chi connectivity index (χ0) is 21.1. The van der Waals surface area contributed by atoms with E-state index in [1.54, 1.807) is 0 Å². The van der Waals surface area contributed by atoms with E-state index in [1.807, 2.05) is 0 Å². The lowest BCUT2D eigenvalue weighted by atomic mass is 9.89. The first-order chi connectivity index (χ1) is 10.4. The molecule has 0 aromatic rings. The first-order valence-electron chi connectivity index (χ1n) is 5.27. The van der Waals surface area contributed by atoms with Gasteiger partial charge in [0.05, 0.1) is 0 Å². The zero-order valence-corrected chi connectivity index (χ0v) is 11.0. The molecule has 151 valence electrons. The summed E-state index contributed by atoms with van der Waals surface area (Å²) < 4.78 is 201. The van der Waals surface area contributed by atoms with E-state index in [9.17, 15) is 70.2 Å². The molecule has 0 atom stereocenters. The van der Waals surface area contributed by atoms with Crippen molar-refractivity contribution in [2.75, 3.05) is 0 Å². The molecule has 0 aliphatic rings. The summed E-state index contributed by atoms with van der Waals surface area (Å²) in [6.07, 6.45) is -4.95. The first-order valence-corrected chi connectivity index (χ1v) is 5.27. The monoisotopic (exact) mass is 415 g/mol. The maximum atomic E-state index is 12.9. The third-order valence-electron chi connectivity index (χ3n) is 2.76. The average molecular weight is 415 g/mol. The summed E-state index contributed by atoms with van der Waals surface area (Å²) in [5, 5.41) is 0. The van der Waals surface area contributed by atoms with Crippen molar-refractivity contribution in [1.29, 1.82) is 0 Å². The molecular formula is C9H3F16.